The summed E-state index contributed by atoms with van der Waals surface area (Å²) in [6, 6.07) is 0. The van der Waals surface area contributed by atoms with Gasteiger partial charge < -0.3 is 9.47 Å². The molecule has 9 heavy (non-hydrogen) atoms. The van der Waals surface area contributed by atoms with Crippen molar-refractivity contribution in [2.75, 3.05) is 19.8 Å². The van der Waals surface area contributed by atoms with Gasteiger partial charge in [-0.05, 0) is 0 Å². The highest BCUT2D eigenvalue weighted by Gasteiger charge is 2.14. The normalized spacial score (nSPS) is 20.4. The van der Waals surface area contributed by atoms with Gasteiger partial charge in [-0.1, -0.05) is 5.18 Å². The Labute approximate surface area is 53.1 Å². The minimum atomic E-state index is -0.178. The molecule has 4 heteroatoms. The zero-order valence-corrected chi connectivity index (χ0v) is 5.08. The number of hydrogen-bond acceptors (Lipinski definition) is 4. The van der Waals surface area contributed by atoms with E-state index in [9.17, 15) is 4.91 Å². The summed E-state index contributed by atoms with van der Waals surface area (Å²) in [4.78, 5) is 9.60. The molecule has 4 nitrogen and oxygen atoms in total. The minimum Gasteiger partial charge on any atom is -0.350 e. The van der Waals surface area contributed by atoms with Crippen LogP contribution in [0.25, 0.3) is 0 Å². The Bertz CT molecular complexity index is 90.2. The summed E-state index contributed by atoms with van der Waals surface area (Å²) in [6.45, 7) is 1.57. The molecule has 0 amide bonds. The van der Waals surface area contributed by atoms with E-state index in [1.54, 1.807) is 0 Å². The maximum atomic E-state index is 9.60. The molecule has 0 aromatic heterocycles. The van der Waals surface area contributed by atoms with Crippen molar-refractivity contribution in [1.29, 1.82) is 0 Å². The fourth-order valence-corrected chi connectivity index (χ4v) is 0.732. The van der Waals surface area contributed by atoms with Gasteiger partial charge >= 0.3 is 0 Å². The Hall–Kier alpha value is -0.480. The van der Waals surface area contributed by atoms with Crippen molar-refractivity contribution in [3.05, 3.63) is 4.91 Å². The van der Waals surface area contributed by atoms with Gasteiger partial charge in [-0.15, -0.1) is 0 Å². The topological polar surface area (TPSA) is 47.9 Å². The SMILES string of the molecule is O=NCCC1OCCO1. The molecule has 52 valence electrons. The molecule has 0 bridgehead atoms. The van der Waals surface area contributed by atoms with Crippen molar-refractivity contribution in [2.45, 2.75) is 12.7 Å². The summed E-state index contributed by atoms with van der Waals surface area (Å²) in [5, 5.41) is 2.69. The molecule has 1 heterocycles. The van der Waals surface area contributed by atoms with Gasteiger partial charge in [0.25, 0.3) is 0 Å². The first-order chi connectivity index (χ1) is 4.43. The van der Waals surface area contributed by atoms with Crippen LogP contribution < -0.4 is 0 Å². The second-order valence-corrected chi connectivity index (χ2v) is 1.81. The summed E-state index contributed by atoms with van der Waals surface area (Å²) >= 11 is 0. The molecule has 1 rings (SSSR count). The summed E-state index contributed by atoms with van der Waals surface area (Å²) in [5.74, 6) is 0. The maximum absolute atomic E-state index is 9.60. The average molecular weight is 131 g/mol. The molecule has 0 atom stereocenters. The first-order valence-corrected chi connectivity index (χ1v) is 2.96. The fraction of sp³-hybridized carbons (Fsp3) is 1.00. The van der Waals surface area contributed by atoms with Crippen LogP contribution in [0.2, 0.25) is 0 Å². The standard InChI is InChI=1S/C5H9NO3/c7-6-2-1-5-8-3-4-9-5/h5H,1-4H2. The van der Waals surface area contributed by atoms with Gasteiger partial charge in [-0.2, -0.15) is 4.91 Å². The van der Waals surface area contributed by atoms with E-state index >= 15 is 0 Å². The fourth-order valence-electron chi connectivity index (χ4n) is 0.732. The van der Waals surface area contributed by atoms with Crippen LogP contribution in [0.15, 0.2) is 5.18 Å². The zero-order chi connectivity index (χ0) is 6.53. The minimum absolute atomic E-state index is 0.178. The predicted molar refractivity (Wildman–Crippen MR) is 31.0 cm³/mol. The monoisotopic (exact) mass is 131 g/mol. The van der Waals surface area contributed by atoms with Crippen molar-refractivity contribution in [3.63, 3.8) is 0 Å². The largest absolute Gasteiger partial charge is 0.350 e. The van der Waals surface area contributed by atoms with Gasteiger partial charge in [0.1, 0.15) is 0 Å². The number of hydrogen-bond donors (Lipinski definition) is 0. The Morgan fingerprint density at radius 2 is 2.11 bits per heavy atom. The number of ether oxygens (including phenoxy) is 2. The molecular weight excluding hydrogens is 122 g/mol. The van der Waals surface area contributed by atoms with Crippen LogP contribution in [0.3, 0.4) is 0 Å². The average Bonchev–Trinajstić information content (AvgIpc) is 2.34. The zero-order valence-electron chi connectivity index (χ0n) is 5.08. The summed E-state index contributed by atoms with van der Waals surface area (Å²) in [7, 11) is 0. The molecule has 1 saturated heterocycles. The van der Waals surface area contributed by atoms with E-state index in [0.29, 0.717) is 19.6 Å². The second kappa shape index (κ2) is 3.53. The van der Waals surface area contributed by atoms with Crippen LogP contribution in [0, 0.1) is 4.91 Å². The smallest absolute Gasteiger partial charge is 0.159 e. The molecule has 0 N–H and O–H groups in total. The van der Waals surface area contributed by atoms with Gasteiger partial charge in [0.05, 0.1) is 19.8 Å². The molecule has 0 saturated carbocycles. The van der Waals surface area contributed by atoms with Crippen LogP contribution in [-0.4, -0.2) is 26.0 Å². The Morgan fingerprint density at radius 3 is 2.67 bits per heavy atom. The first-order valence-electron chi connectivity index (χ1n) is 2.96. The van der Waals surface area contributed by atoms with Crippen molar-refractivity contribution >= 4 is 0 Å². The van der Waals surface area contributed by atoms with Gasteiger partial charge in [-0.3, -0.25) is 0 Å². The lowest BCUT2D eigenvalue weighted by Gasteiger charge is -2.03. The van der Waals surface area contributed by atoms with Crippen molar-refractivity contribution in [1.82, 2.24) is 0 Å². The van der Waals surface area contributed by atoms with Crippen molar-refractivity contribution < 1.29 is 9.47 Å². The van der Waals surface area contributed by atoms with Crippen LogP contribution in [-0.2, 0) is 9.47 Å². The molecule has 0 aromatic rings. The van der Waals surface area contributed by atoms with Crippen LogP contribution in [0.5, 0.6) is 0 Å². The molecule has 0 unspecified atom stereocenters. The lowest BCUT2D eigenvalue weighted by Crippen LogP contribution is -2.08. The molecule has 0 aromatic carbocycles. The van der Waals surface area contributed by atoms with E-state index in [1.165, 1.54) is 0 Å². The van der Waals surface area contributed by atoms with Crippen LogP contribution in [0.1, 0.15) is 6.42 Å². The second-order valence-electron chi connectivity index (χ2n) is 1.81. The molecule has 0 radical (unpaired) electrons. The summed E-state index contributed by atoms with van der Waals surface area (Å²) in [6.07, 6.45) is 0.409. The van der Waals surface area contributed by atoms with E-state index < -0.39 is 0 Å². The Balaban J connectivity index is 2.04. The number of nitrogens with zero attached hydrogens (tertiary/aromatic N) is 1. The van der Waals surface area contributed by atoms with Crippen LogP contribution >= 0.6 is 0 Å². The van der Waals surface area contributed by atoms with E-state index in [2.05, 4.69) is 5.18 Å². The quantitative estimate of drug-likeness (QED) is 0.524. The third-order valence-electron chi connectivity index (χ3n) is 1.15. The third kappa shape index (κ3) is 2.07. The van der Waals surface area contributed by atoms with Crippen molar-refractivity contribution in [2.24, 2.45) is 5.18 Å². The van der Waals surface area contributed by atoms with Gasteiger partial charge in [0.2, 0.25) is 0 Å². The lowest BCUT2D eigenvalue weighted by atomic mass is 10.4. The predicted octanol–water partition coefficient (Wildman–Crippen LogP) is 0.516. The van der Waals surface area contributed by atoms with Crippen LogP contribution in [0.4, 0.5) is 0 Å². The summed E-state index contributed by atoms with van der Waals surface area (Å²) in [5.41, 5.74) is 0. The maximum Gasteiger partial charge on any atom is 0.159 e. The molecular formula is C5H9NO3. The molecule has 1 aliphatic heterocycles. The van der Waals surface area contributed by atoms with E-state index in [4.69, 9.17) is 9.47 Å². The molecule has 1 fully saturated rings. The highest BCUT2D eigenvalue weighted by Crippen LogP contribution is 2.06. The van der Waals surface area contributed by atoms with Gasteiger partial charge in [0.15, 0.2) is 6.29 Å². The highest BCUT2D eigenvalue weighted by atomic mass is 16.7. The van der Waals surface area contributed by atoms with Gasteiger partial charge in [-0.25, -0.2) is 0 Å². The lowest BCUT2D eigenvalue weighted by molar-refractivity contribution is -0.0445. The highest BCUT2D eigenvalue weighted by molar-refractivity contribution is 4.53. The van der Waals surface area contributed by atoms with E-state index in [1.807, 2.05) is 0 Å². The summed E-state index contributed by atoms with van der Waals surface area (Å²) < 4.78 is 10.1. The molecule has 0 spiro atoms. The molecule has 0 aliphatic carbocycles. The van der Waals surface area contributed by atoms with E-state index in [0.717, 1.165) is 0 Å². The van der Waals surface area contributed by atoms with E-state index in [-0.39, 0.29) is 12.8 Å². The number of rotatable bonds is 3. The first kappa shape index (κ1) is 6.64. The Kier molecular flexibility index (Phi) is 2.60. The van der Waals surface area contributed by atoms with Gasteiger partial charge in [0, 0.05) is 6.42 Å². The Morgan fingerprint density at radius 1 is 1.44 bits per heavy atom. The van der Waals surface area contributed by atoms with Crippen molar-refractivity contribution in [3.8, 4) is 0 Å². The number of nitroso groups, excluding NO2 is 1. The third-order valence-corrected chi connectivity index (χ3v) is 1.15. The molecule has 1 aliphatic rings.